The Morgan fingerprint density at radius 3 is 2.81 bits per heavy atom. The second kappa shape index (κ2) is 8.22. The molecule has 0 unspecified atom stereocenters. The van der Waals surface area contributed by atoms with Gasteiger partial charge in [0.25, 0.3) is 11.5 Å². The number of pyridine rings is 2. The van der Waals surface area contributed by atoms with Gasteiger partial charge in [-0.25, -0.2) is 9.97 Å². The van der Waals surface area contributed by atoms with Gasteiger partial charge in [-0.2, -0.15) is 0 Å². The highest BCUT2D eigenvalue weighted by Crippen LogP contribution is 2.24. The Labute approximate surface area is 178 Å². The van der Waals surface area contributed by atoms with Crippen LogP contribution in [0.3, 0.4) is 0 Å². The number of hydrogen-bond acceptors (Lipinski definition) is 6. The molecule has 0 radical (unpaired) electrons. The lowest BCUT2D eigenvalue weighted by molar-refractivity contribution is 0.0948. The van der Waals surface area contributed by atoms with Crippen molar-refractivity contribution >= 4 is 28.4 Å². The van der Waals surface area contributed by atoms with E-state index < -0.39 is 0 Å². The summed E-state index contributed by atoms with van der Waals surface area (Å²) < 4.78 is 6.76. The molecule has 0 spiro atoms. The van der Waals surface area contributed by atoms with Gasteiger partial charge in [-0.3, -0.25) is 14.0 Å². The maximum Gasteiger partial charge on any atom is 0.267 e. The Hall–Kier alpha value is -3.68. The first-order valence-electron chi connectivity index (χ1n) is 10.6. The van der Waals surface area contributed by atoms with E-state index in [0.717, 1.165) is 25.7 Å². The molecule has 1 amide bonds. The number of hydrogen-bond donors (Lipinski definition) is 2. The molecule has 31 heavy (non-hydrogen) atoms. The number of nitrogens with one attached hydrogen (secondary N) is 2. The van der Waals surface area contributed by atoms with E-state index in [0.29, 0.717) is 33.8 Å². The molecule has 1 saturated carbocycles. The fourth-order valence-electron chi connectivity index (χ4n) is 4.08. The van der Waals surface area contributed by atoms with Crippen molar-refractivity contribution in [2.24, 2.45) is 0 Å². The minimum absolute atomic E-state index is 0.247. The molecule has 0 aliphatic heterocycles. The molecule has 1 aliphatic carbocycles. The van der Waals surface area contributed by atoms with E-state index in [2.05, 4.69) is 20.6 Å². The lowest BCUT2D eigenvalue weighted by Crippen LogP contribution is -2.28. The van der Waals surface area contributed by atoms with E-state index in [9.17, 15) is 9.59 Å². The van der Waals surface area contributed by atoms with Crippen molar-refractivity contribution in [1.82, 2.24) is 19.7 Å². The zero-order valence-corrected chi connectivity index (χ0v) is 17.0. The van der Waals surface area contributed by atoms with E-state index in [4.69, 9.17) is 4.42 Å². The van der Waals surface area contributed by atoms with Gasteiger partial charge in [-0.15, -0.1) is 0 Å². The second-order valence-corrected chi connectivity index (χ2v) is 7.84. The van der Waals surface area contributed by atoms with Crippen molar-refractivity contribution < 1.29 is 9.21 Å². The summed E-state index contributed by atoms with van der Waals surface area (Å²) in [6, 6.07) is 10.8. The Morgan fingerprint density at radius 1 is 1.13 bits per heavy atom. The van der Waals surface area contributed by atoms with Crippen molar-refractivity contribution in [3.8, 4) is 0 Å². The maximum atomic E-state index is 13.1. The molecule has 0 saturated heterocycles. The first-order valence-corrected chi connectivity index (χ1v) is 10.6. The fraction of sp³-hybridized carbons (Fsp3) is 0.304. The number of aromatic nitrogens is 3. The third-order valence-corrected chi connectivity index (χ3v) is 5.70. The summed E-state index contributed by atoms with van der Waals surface area (Å²) in [7, 11) is 0. The molecule has 5 rings (SSSR count). The molecule has 4 heterocycles. The minimum atomic E-state index is -0.318. The summed E-state index contributed by atoms with van der Waals surface area (Å²) in [6.07, 6.45) is 8.80. The second-order valence-electron chi connectivity index (χ2n) is 7.84. The van der Waals surface area contributed by atoms with E-state index in [1.807, 2.05) is 6.07 Å². The predicted octanol–water partition coefficient (Wildman–Crippen LogP) is 3.51. The first-order chi connectivity index (χ1) is 15.2. The monoisotopic (exact) mass is 417 g/mol. The van der Waals surface area contributed by atoms with Crippen LogP contribution in [0.25, 0.3) is 16.7 Å². The topological polar surface area (TPSA) is 102 Å². The van der Waals surface area contributed by atoms with Crippen LogP contribution in [0.4, 0.5) is 5.82 Å². The minimum Gasteiger partial charge on any atom is -0.467 e. The number of anilines is 1. The lowest BCUT2D eigenvalue weighted by atomic mass is 9.95. The number of rotatable bonds is 5. The van der Waals surface area contributed by atoms with Crippen LogP contribution in [0.15, 0.2) is 58.1 Å². The van der Waals surface area contributed by atoms with Crippen molar-refractivity contribution in [3.63, 3.8) is 0 Å². The van der Waals surface area contributed by atoms with Gasteiger partial charge < -0.3 is 15.1 Å². The average Bonchev–Trinajstić information content (AvgIpc) is 3.32. The van der Waals surface area contributed by atoms with Gasteiger partial charge in [-0.1, -0.05) is 25.3 Å². The van der Waals surface area contributed by atoms with Crippen LogP contribution in [0.1, 0.15) is 48.2 Å². The average molecular weight is 417 g/mol. The molecule has 0 aromatic carbocycles. The maximum absolute atomic E-state index is 13.1. The fourth-order valence-corrected chi connectivity index (χ4v) is 4.08. The quantitative estimate of drug-likeness (QED) is 0.482. The number of carbonyl (C=O) groups is 1. The molecular weight excluding hydrogens is 394 g/mol. The van der Waals surface area contributed by atoms with E-state index in [-0.39, 0.29) is 24.1 Å². The highest BCUT2D eigenvalue weighted by molar-refractivity contribution is 6.01. The largest absolute Gasteiger partial charge is 0.467 e. The van der Waals surface area contributed by atoms with Crippen LogP contribution in [0.2, 0.25) is 0 Å². The molecule has 8 nitrogen and oxygen atoms in total. The van der Waals surface area contributed by atoms with Crippen LogP contribution in [0, 0.1) is 0 Å². The highest BCUT2D eigenvalue weighted by Gasteiger charge is 2.21. The van der Waals surface area contributed by atoms with Crippen LogP contribution < -0.4 is 16.2 Å². The SMILES string of the molecule is O=C(NCc1ccco1)c1cc2c(=O)n3ccccc3nc2nc1NC1CCCCC1. The van der Waals surface area contributed by atoms with Gasteiger partial charge in [0.1, 0.15) is 17.2 Å². The third kappa shape index (κ3) is 3.88. The number of furan rings is 1. The normalized spacial score (nSPS) is 14.7. The summed E-state index contributed by atoms with van der Waals surface area (Å²) in [5.41, 5.74) is 0.931. The molecule has 4 aromatic heterocycles. The third-order valence-electron chi connectivity index (χ3n) is 5.70. The number of fused-ring (bicyclic) bond motifs is 2. The van der Waals surface area contributed by atoms with Crippen molar-refractivity contribution in [2.75, 3.05) is 5.32 Å². The standard InChI is InChI=1S/C23H23N5O3/c29-22(24-14-16-9-6-12-31-16)17-13-18-21(26-19-10-4-5-11-28(19)23(18)30)27-20(17)25-15-7-2-1-3-8-15/h4-6,9-13,15H,1-3,7-8,14H2,(H,24,29)(H,25,27). The predicted molar refractivity (Wildman–Crippen MR) is 117 cm³/mol. The van der Waals surface area contributed by atoms with Crippen LogP contribution in [-0.2, 0) is 6.54 Å². The van der Waals surface area contributed by atoms with Crippen LogP contribution >= 0.6 is 0 Å². The molecule has 0 bridgehead atoms. The lowest BCUT2D eigenvalue weighted by Gasteiger charge is -2.24. The summed E-state index contributed by atoms with van der Waals surface area (Å²) in [6.45, 7) is 0.252. The summed E-state index contributed by atoms with van der Waals surface area (Å²) in [5, 5.41) is 6.60. The van der Waals surface area contributed by atoms with Gasteiger partial charge in [0.2, 0.25) is 0 Å². The molecule has 2 N–H and O–H groups in total. The Morgan fingerprint density at radius 2 is 2.00 bits per heavy atom. The Kier molecular flexibility index (Phi) is 5.11. The van der Waals surface area contributed by atoms with Crippen molar-refractivity contribution in [3.05, 3.63) is 70.5 Å². The molecule has 8 heteroatoms. The molecule has 0 atom stereocenters. The summed E-state index contributed by atoms with van der Waals surface area (Å²) in [5.74, 6) is 0.793. The summed E-state index contributed by atoms with van der Waals surface area (Å²) >= 11 is 0. The van der Waals surface area contributed by atoms with Gasteiger partial charge in [0.15, 0.2) is 5.65 Å². The zero-order chi connectivity index (χ0) is 21.2. The van der Waals surface area contributed by atoms with Crippen LogP contribution in [-0.4, -0.2) is 26.3 Å². The molecule has 4 aromatic rings. The molecule has 158 valence electrons. The first kappa shape index (κ1) is 19.3. The van der Waals surface area contributed by atoms with Gasteiger partial charge in [0, 0.05) is 12.2 Å². The number of carbonyl (C=O) groups excluding carboxylic acids is 1. The van der Waals surface area contributed by atoms with Crippen LogP contribution in [0.5, 0.6) is 0 Å². The summed E-state index contributed by atoms with van der Waals surface area (Å²) in [4.78, 5) is 35.3. The smallest absolute Gasteiger partial charge is 0.267 e. The van der Waals surface area contributed by atoms with Crippen molar-refractivity contribution in [2.45, 2.75) is 44.7 Å². The van der Waals surface area contributed by atoms with E-state index in [1.165, 1.54) is 10.8 Å². The Bertz CT molecular complexity index is 1290. The number of amides is 1. The van der Waals surface area contributed by atoms with Gasteiger partial charge >= 0.3 is 0 Å². The highest BCUT2D eigenvalue weighted by atomic mass is 16.3. The Balaban J connectivity index is 1.57. The van der Waals surface area contributed by atoms with Crippen molar-refractivity contribution in [1.29, 1.82) is 0 Å². The van der Waals surface area contributed by atoms with Gasteiger partial charge in [-0.05, 0) is 43.2 Å². The molecular formula is C23H23N5O3. The van der Waals surface area contributed by atoms with E-state index in [1.54, 1.807) is 42.8 Å². The molecule has 1 aliphatic rings. The zero-order valence-electron chi connectivity index (χ0n) is 17.0. The van der Waals surface area contributed by atoms with E-state index >= 15 is 0 Å². The molecule has 1 fully saturated rings. The number of nitrogens with zero attached hydrogens (tertiary/aromatic N) is 3. The van der Waals surface area contributed by atoms with Gasteiger partial charge in [0.05, 0.1) is 23.8 Å².